The summed E-state index contributed by atoms with van der Waals surface area (Å²) in [7, 11) is 3.63. The third-order valence-corrected chi connectivity index (χ3v) is 8.10. The van der Waals surface area contributed by atoms with Crippen LogP contribution < -0.4 is 9.64 Å². The molecule has 0 heterocycles. The van der Waals surface area contributed by atoms with Gasteiger partial charge in [-0.3, -0.25) is 4.79 Å². The normalized spacial score (nSPS) is 12.9. The molecule has 210 valence electrons. The lowest BCUT2D eigenvalue weighted by Crippen LogP contribution is -2.33. The molecule has 1 aliphatic rings. The van der Waals surface area contributed by atoms with E-state index in [9.17, 15) is 14.7 Å². The third-order valence-electron chi connectivity index (χ3n) is 8.10. The van der Waals surface area contributed by atoms with E-state index < -0.39 is 11.4 Å². The van der Waals surface area contributed by atoms with Crippen LogP contribution in [0.4, 0.5) is 5.69 Å². The molecule has 1 N–H and O–H groups in total. The number of aldehydes is 1. The molecule has 4 aromatic carbocycles. The molecule has 0 radical (unpaired) electrons. The second-order valence-corrected chi connectivity index (χ2v) is 10.7. The quantitative estimate of drug-likeness (QED) is 0.166. The summed E-state index contributed by atoms with van der Waals surface area (Å²) in [5, 5.41) is 10.2. The Labute approximate surface area is 241 Å². The topological polar surface area (TPSA) is 76.1 Å². The van der Waals surface area contributed by atoms with E-state index in [1.807, 2.05) is 37.4 Å². The first-order valence-electron chi connectivity index (χ1n) is 13.8. The minimum Gasteiger partial charge on any atom is -0.490 e. The molecule has 0 atom stereocenters. The van der Waals surface area contributed by atoms with E-state index in [1.54, 1.807) is 19.2 Å². The van der Waals surface area contributed by atoms with E-state index in [0.717, 1.165) is 28.7 Å². The molecule has 5 rings (SSSR count). The molecule has 0 amide bonds. The van der Waals surface area contributed by atoms with Gasteiger partial charge in [0, 0.05) is 37.4 Å². The second kappa shape index (κ2) is 11.6. The highest BCUT2D eigenvalue weighted by molar-refractivity contribution is 5.92. The molecule has 0 unspecified atom stereocenters. The van der Waals surface area contributed by atoms with Crippen LogP contribution in [0.25, 0.3) is 11.1 Å². The molecule has 0 fully saturated rings. The summed E-state index contributed by atoms with van der Waals surface area (Å²) in [6.45, 7) is 5.50. The first kappa shape index (κ1) is 28.1. The lowest BCUT2D eigenvalue weighted by atomic mass is 9.69. The van der Waals surface area contributed by atoms with Crippen LogP contribution in [0.3, 0.4) is 0 Å². The predicted molar refractivity (Wildman–Crippen MR) is 162 cm³/mol. The van der Waals surface area contributed by atoms with Crippen LogP contribution in [0.2, 0.25) is 0 Å². The Morgan fingerprint density at radius 2 is 1.51 bits per heavy atom. The monoisotopic (exact) mass is 549 g/mol. The molecule has 6 heteroatoms. The van der Waals surface area contributed by atoms with Crippen LogP contribution in [-0.4, -0.2) is 51.3 Å². The number of carbonyl (C=O) groups is 2. The Morgan fingerprint density at radius 3 is 2.07 bits per heavy atom. The van der Waals surface area contributed by atoms with Gasteiger partial charge in [-0.1, -0.05) is 53.6 Å². The minimum atomic E-state index is -1.03. The van der Waals surface area contributed by atoms with E-state index in [0.29, 0.717) is 30.9 Å². The summed E-state index contributed by atoms with van der Waals surface area (Å²) in [4.78, 5) is 25.8. The van der Waals surface area contributed by atoms with Crippen molar-refractivity contribution in [1.82, 2.24) is 0 Å². The van der Waals surface area contributed by atoms with Gasteiger partial charge in [0.15, 0.2) is 0 Å². The number of nitrogens with zero attached hydrogens (tertiary/aromatic N) is 1. The van der Waals surface area contributed by atoms with E-state index >= 15 is 0 Å². The van der Waals surface area contributed by atoms with Crippen molar-refractivity contribution in [3.63, 3.8) is 0 Å². The molecular formula is C35H35NO5. The summed E-state index contributed by atoms with van der Waals surface area (Å²) >= 11 is 0. The second-order valence-electron chi connectivity index (χ2n) is 10.7. The first-order chi connectivity index (χ1) is 19.8. The lowest BCUT2D eigenvalue weighted by molar-refractivity contribution is 0.0689. The Kier molecular flexibility index (Phi) is 7.95. The molecule has 0 aromatic heterocycles. The molecule has 0 bridgehead atoms. The molecule has 6 nitrogen and oxygen atoms in total. The van der Waals surface area contributed by atoms with E-state index in [2.05, 4.69) is 55.1 Å². The van der Waals surface area contributed by atoms with Gasteiger partial charge >= 0.3 is 5.97 Å². The number of aryl methyl sites for hydroxylation is 2. The van der Waals surface area contributed by atoms with E-state index in [1.165, 1.54) is 22.3 Å². The number of carbonyl (C=O) groups excluding carboxylic acids is 1. The lowest BCUT2D eigenvalue weighted by Gasteiger charge is -2.36. The average molecular weight is 550 g/mol. The van der Waals surface area contributed by atoms with E-state index in [-0.39, 0.29) is 12.2 Å². The van der Waals surface area contributed by atoms with Crippen molar-refractivity contribution in [2.75, 3.05) is 38.8 Å². The van der Waals surface area contributed by atoms with Crippen molar-refractivity contribution >= 4 is 17.9 Å². The molecule has 0 spiro atoms. The van der Waals surface area contributed by atoms with Crippen LogP contribution in [0.15, 0.2) is 78.9 Å². The highest BCUT2D eigenvalue weighted by Gasteiger charge is 2.45. The summed E-state index contributed by atoms with van der Waals surface area (Å²) in [5.41, 5.74) is 9.07. The van der Waals surface area contributed by atoms with Gasteiger partial charge in [0.2, 0.25) is 0 Å². The van der Waals surface area contributed by atoms with Gasteiger partial charge < -0.3 is 19.5 Å². The highest BCUT2D eigenvalue weighted by atomic mass is 16.5. The molecular weight excluding hydrogens is 514 g/mol. The minimum absolute atomic E-state index is 0.131. The number of hydrogen-bond donors (Lipinski definition) is 1. The molecule has 0 saturated heterocycles. The number of ether oxygens (including phenoxy) is 2. The Hall–Kier alpha value is -4.42. The largest absolute Gasteiger partial charge is 0.490 e. The number of carboxylic acid groups (broad SMARTS) is 1. The van der Waals surface area contributed by atoms with Gasteiger partial charge in [0.1, 0.15) is 24.2 Å². The number of hydrogen-bond acceptors (Lipinski definition) is 5. The maximum absolute atomic E-state index is 12.5. The number of methoxy groups -OCH3 is 1. The van der Waals surface area contributed by atoms with Crippen molar-refractivity contribution in [3.05, 3.63) is 118 Å². The van der Waals surface area contributed by atoms with Gasteiger partial charge in [-0.25, -0.2) is 4.79 Å². The zero-order valence-corrected chi connectivity index (χ0v) is 23.9. The first-order valence-corrected chi connectivity index (χ1v) is 13.8. The molecule has 0 saturated carbocycles. The number of rotatable bonds is 11. The number of carboxylic acids is 1. The van der Waals surface area contributed by atoms with Gasteiger partial charge in [0.25, 0.3) is 0 Å². The van der Waals surface area contributed by atoms with Crippen LogP contribution in [0.5, 0.6) is 5.75 Å². The van der Waals surface area contributed by atoms with E-state index in [4.69, 9.17) is 9.47 Å². The van der Waals surface area contributed by atoms with Crippen molar-refractivity contribution in [3.8, 4) is 16.9 Å². The van der Waals surface area contributed by atoms with Crippen LogP contribution in [0, 0.1) is 13.8 Å². The third kappa shape index (κ3) is 5.23. The van der Waals surface area contributed by atoms with Crippen LogP contribution in [-0.2, 0) is 10.2 Å². The molecule has 4 aromatic rings. The summed E-state index contributed by atoms with van der Waals surface area (Å²) in [6.07, 6.45) is 1.55. The fourth-order valence-corrected chi connectivity index (χ4v) is 5.96. The Morgan fingerprint density at radius 1 is 0.878 bits per heavy atom. The zero-order chi connectivity index (χ0) is 29.1. The van der Waals surface area contributed by atoms with Crippen LogP contribution in [0.1, 0.15) is 55.0 Å². The number of fused-ring (bicyclic) bond motifs is 3. The molecule has 1 aliphatic carbocycles. The maximum atomic E-state index is 12.5. The van der Waals surface area contributed by atoms with Crippen molar-refractivity contribution in [2.24, 2.45) is 0 Å². The SMILES string of the molecule is COCCOc1ccc(C2(CCN(C)c3ccc(C=O)cc3)c3cc(C)ccc3-c3ccc(C)cc32)cc1C(=O)O. The summed E-state index contributed by atoms with van der Waals surface area (Å²) < 4.78 is 10.9. The predicted octanol–water partition coefficient (Wildman–Crippen LogP) is 6.68. The Balaban J connectivity index is 1.68. The highest BCUT2D eigenvalue weighted by Crippen LogP contribution is 2.55. The Bertz CT molecular complexity index is 1540. The number of benzene rings is 4. The fraction of sp³-hybridized carbons (Fsp3) is 0.257. The summed E-state index contributed by atoms with van der Waals surface area (Å²) in [5.74, 6) is -0.707. The van der Waals surface area contributed by atoms with Gasteiger partial charge in [-0.15, -0.1) is 0 Å². The van der Waals surface area contributed by atoms with Gasteiger partial charge in [0.05, 0.1) is 6.61 Å². The van der Waals surface area contributed by atoms with Gasteiger partial charge in [-0.2, -0.15) is 0 Å². The number of aromatic carboxylic acids is 1. The van der Waals surface area contributed by atoms with Crippen molar-refractivity contribution in [2.45, 2.75) is 25.7 Å². The van der Waals surface area contributed by atoms with Crippen LogP contribution >= 0.6 is 0 Å². The average Bonchev–Trinajstić information content (AvgIpc) is 3.24. The maximum Gasteiger partial charge on any atom is 0.339 e. The van der Waals surface area contributed by atoms with Gasteiger partial charge in [-0.05, 0) is 84.5 Å². The smallest absolute Gasteiger partial charge is 0.339 e. The number of anilines is 1. The van der Waals surface area contributed by atoms with Crippen molar-refractivity contribution in [1.29, 1.82) is 0 Å². The fourth-order valence-electron chi connectivity index (χ4n) is 5.96. The zero-order valence-electron chi connectivity index (χ0n) is 23.9. The standard InChI is InChI=1S/C35H35NO5/c1-23-5-12-28-29-13-6-24(2)20-32(29)35(31(28)19-23,15-16-36(3)27-10-7-25(22-37)8-11-27)26-9-14-33(41-18-17-40-4)30(21-26)34(38)39/h5-14,19-22H,15-18H2,1-4H3,(H,38,39). The summed E-state index contributed by atoms with van der Waals surface area (Å²) in [6, 6.07) is 26.2. The molecule has 41 heavy (non-hydrogen) atoms. The van der Waals surface area contributed by atoms with Crippen molar-refractivity contribution < 1.29 is 24.2 Å². The molecule has 0 aliphatic heterocycles.